The number of hydrogen-bond donors (Lipinski definition) is 2. The van der Waals surface area contributed by atoms with E-state index < -0.39 is 0 Å². The fourth-order valence-electron chi connectivity index (χ4n) is 2.44. The van der Waals surface area contributed by atoms with Crippen LogP contribution in [0.3, 0.4) is 0 Å². The molecule has 110 valence electrons. The molecule has 1 aromatic heterocycles. The number of amides is 1. The van der Waals surface area contributed by atoms with Crippen molar-refractivity contribution >= 4 is 27.5 Å². The first-order valence-electron chi connectivity index (χ1n) is 7.09. The third-order valence-corrected chi connectivity index (χ3v) is 3.99. The van der Waals surface area contributed by atoms with Gasteiger partial charge in [0.15, 0.2) is 0 Å². The number of carbonyl (C=O) groups is 1. The number of nitrogens with one attached hydrogen (secondary N) is 2. The summed E-state index contributed by atoms with van der Waals surface area (Å²) < 4.78 is 3.01. The van der Waals surface area contributed by atoms with Crippen LogP contribution < -0.4 is 10.6 Å². The van der Waals surface area contributed by atoms with Crippen molar-refractivity contribution in [3.05, 3.63) is 52.3 Å². The van der Waals surface area contributed by atoms with Gasteiger partial charge < -0.3 is 15.2 Å². The average molecular weight is 348 g/mol. The van der Waals surface area contributed by atoms with Gasteiger partial charge in [0, 0.05) is 28.9 Å². The van der Waals surface area contributed by atoms with Crippen LogP contribution in [0.25, 0.3) is 0 Å². The van der Waals surface area contributed by atoms with Crippen molar-refractivity contribution in [3.8, 4) is 0 Å². The fourth-order valence-corrected chi connectivity index (χ4v) is 2.88. The number of aromatic nitrogens is 1. The Hall–Kier alpha value is -1.59. The zero-order valence-electron chi connectivity index (χ0n) is 11.9. The van der Waals surface area contributed by atoms with Crippen molar-refractivity contribution in [2.75, 3.05) is 12.4 Å². The molecule has 0 atom stereocenters. The highest BCUT2D eigenvalue weighted by molar-refractivity contribution is 9.10. The molecule has 2 N–H and O–H groups in total. The van der Waals surface area contributed by atoms with Crippen LogP contribution in [-0.4, -0.2) is 17.5 Å². The van der Waals surface area contributed by atoms with E-state index in [1.807, 2.05) is 43.6 Å². The second-order valence-corrected chi connectivity index (χ2v) is 6.28. The standard InChI is InChI=1S/C16H18BrN3O/c1-18-9-11-3-2-4-13(7-11)19-16(21)15-8-12(17)10-20(15)14-5-6-14/h2-4,7-8,10,14,18H,5-6,9H2,1H3,(H,19,21). The van der Waals surface area contributed by atoms with Crippen LogP contribution in [0.2, 0.25) is 0 Å². The van der Waals surface area contributed by atoms with E-state index in [9.17, 15) is 4.79 Å². The van der Waals surface area contributed by atoms with Crippen LogP contribution in [0.4, 0.5) is 5.69 Å². The highest BCUT2D eigenvalue weighted by atomic mass is 79.9. The lowest BCUT2D eigenvalue weighted by atomic mass is 10.2. The van der Waals surface area contributed by atoms with Gasteiger partial charge >= 0.3 is 0 Å². The molecule has 21 heavy (non-hydrogen) atoms. The Bertz CT molecular complexity index is 661. The third kappa shape index (κ3) is 3.36. The smallest absolute Gasteiger partial charge is 0.272 e. The van der Waals surface area contributed by atoms with E-state index in [-0.39, 0.29) is 5.91 Å². The molecular weight excluding hydrogens is 330 g/mol. The van der Waals surface area contributed by atoms with E-state index in [1.54, 1.807) is 0 Å². The molecule has 0 unspecified atom stereocenters. The molecule has 1 aromatic carbocycles. The summed E-state index contributed by atoms with van der Waals surface area (Å²) in [7, 11) is 1.91. The Balaban J connectivity index is 1.78. The summed E-state index contributed by atoms with van der Waals surface area (Å²) in [5, 5.41) is 6.09. The minimum atomic E-state index is -0.0609. The number of anilines is 1. The zero-order valence-corrected chi connectivity index (χ0v) is 13.5. The van der Waals surface area contributed by atoms with Gasteiger partial charge in [0.05, 0.1) is 0 Å². The molecule has 0 aliphatic heterocycles. The maximum absolute atomic E-state index is 12.5. The van der Waals surface area contributed by atoms with E-state index in [4.69, 9.17) is 0 Å². The van der Waals surface area contributed by atoms with Gasteiger partial charge in [-0.05, 0) is 59.6 Å². The lowest BCUT2D eigenvalue weighted by molar-refractivity contribution is 0.101. The summed E-state index contributed by atoms with van der Waals surface area (Å²) in [5.41, 5.74) is 2.69. The molecule has 1 aliphatic carbocycles. The maximum Gasteiger partial charge on any atom is 0.272 e. The van der Waals surface area contributed by atoms with Gasteiger partial charge in [-0.1, -0.05) is 12.1 Å². The highest BCUT2D eigenvalue weighted by Gasteiger charge is 2.27. The molecule has 1 saturated carbocycles. The van der Waals surface area contributed by atoms with Crippen molar-refractivity contribution in [1.82, 2.24) is 9.88 Å². The predicted octanol–water partition coefficient (Wildman–Crippen LogP) is 3.56. The first-order chi connectivity index (χ1) is 10.2. The zero-order chi connectivity index (χ0) is 14.8. The van der Waals surface area contributed by atoms with Crippen molar-refractivity contribution in [3.63, 3.8) is 0 Å². The molecular formula is C16H18BrN3O. The summed E-state index contributed by atoms with van der Waals surface area (Å²) in [6, 6.07) is 10.3. The summed E-state index contributed by atoms with van der Waals surface area (Å²) in [4.78, 5) is 12.5. The van der Waals surface area contributed by atoms with Crippen molar-refractivity contribution < 1.29 is 4.79 Å². The molecule has 5 heteroatoms. The molecule has 3 rings (SSSR count). The van der Waals surface area contributed by atoms with Crippen molar-refractivity contribution in [2.24, 2.45) is 0 Å². The predicted molar refractivity (Wildman–Crippen MR) is 87.6 cm³/mol. The van der Waals surface area contributed by atoms with Gasteiger partial charge in [0.2, 0.25) is 0 Å². The molecule has 2 aromatic rings. The molecule has 0 saturated heterocycles. The van der Waals surface area contributed by atoms with Gasteiger partial charge in [0.25, 0.3) is 5.91 Å². The fraction of sp³-hybridized carbons (Fsp3) is 0.312. The minimum absolute atomic E-state index is 0.0609. The number of rotatable bonds is 5. The Morgan fingerprint density at radius 3 is 2.90 bits per heavy atom. The second kappa shape index (κ2) is 6.03. The maximum atomic E-state index is 12.5. The quantitative estimate of drug-likeness (QED) is 0.868. The lowest BCUT2D eigenvalue weighted by Crippen LogP contribution is -2.16. The van der Waals surface area contributed by atoms with Crippen LogP contribution in [-0.2, 0) is 6.54 Å². The van der Waals surface area contributed by atoms with E-state index in [0.717, 1.165) is 35.1 Å². The van der Waals surface area contributed by atoms with Gasteiger partial charge in [0.1, 0.15) is 5.69 Å². The van der Waals surface area contributed by atoms with E-state index in [1.165, 1.54) is 0 Å². The molecule has 1 heterocycles. The summed E-state index contributed by atoms with van der Waals surface area (Å²) in [6.07, 6.45) is 4.29. The van der Waals surface area contributed by atoms with Gasteiger partial charge in [-0.3, -0.25) is 4.79 Å². The monoisotopic (exact) mass is 347 g/mol. The number of carbonyl (C=O) groups excluding carboxylic acids is 1. The highest BCUT2D eigenvalue weighted by Crippen LogP contribution is 2.37. The van der Waals surface area contributed by atoms with Gasteiger partial charge in [-0.15, -0.1) is 0 Å². The van der Waals surface area contributed by atoms with Crippen molar-refractivity contribution in [2.45, 2.75) is 25.4 Å². The molecule has 4 nitrogen and oxygen atoms in total. The Morgan fingerprint density at radius 1 is 1.38 bits per heavy atom. The van der Waals surface area contributed by atoms with Crippen LogP contribution in [0.1, 0.15) is 34.9 Å². The topological polar surface area (TPSA) is 46.1 Å². The van der Waals surface area contributed by atoms with Crippen LogP contribution in [0.5, 0.6) is 0 Å². The summed E-state index contributed by atoms with van der Waals surface area (Å²) >= 11 is 3.46. The Morgan fingerprint density at radius 2 is 2.19 bits per heavy atom. The molecule has 1 aliphatic rings. The van der Waals surface area contributed by atoms with E-state index in [2.05, 4.69) is 31.1 Å². The average Bonchev–Trinajstić information content (AvgIpc) is 3.22. The Labute approximate surface area is 132 Å². The first kappa shape index (κ1) is 14.4. The number of halogens is 1. The number of hydrogen-bond acceptors (Lipinski definition) is 2. The first-order valence-corrected chi connectivity index (χ1v) is 7.89. The van der Waals surface area contributed by atoms with Gasteiger partial charge in [-0.25, -0.2) is 0 Å². The Kier molecular flexibility index (Phi) is 4.12. The van der Waals surface area contributed by atoms with Crippen LogP contribution >= 0.6 is 15.9 Å². The van der Waals surface area contributed by atoms with Crippen LogP contribution in [0, 0.1) is 0 Å². The molecule has 0 spiro atoms. The normalized spacial score (nSPS) is 14.2. The summed E-state index contributed by atoms with van der Waals surface area (Å²) in [6.45, 7) is 0.785. The second-order valence-electron chi connectivity index (χ2n) is 5.37. The molecule has 1 amide bonds. The summed E-state index contributed by atoms with van der Waals surface area (Å²) in [5.74, 6) is -0.0609. The molecule has 0 radical (unpaired) electrons. The van der Waals surface area contributed by atoms with E-state index >= 15 is 0 Å². The third-order valence-electron chi connectivity index (χ3n) is 3.55. The number of benzene rings is 1. The van der Waals surface area contributed by atoms with Crippen molar-refractivity contribution in [1.29, 1.82) is 0 Å². The SMILES string of the molecule is CNCc1cccc(NC(=O)c2cc(Br)cn2C2CC2)c1. The van der Waals surface area contributed by atoms with E-state index in [0.29, 0.717) is 11.7 Å². The van der Waals surface area contributed by atoms with Crippen LogP contribution in [0.15, 0.2) is 41.0 Å². The van der Waals surface area contributed by atoms with Gasteiger partial charge in [-0.2, -0.15) is 0 Å². The molecule has 0 bridgehead atoms. The lowest BCUT2D eigenvalue weighted by Gasteiger charge is -2.10. The molecule has 1 fully saturated rings. The number of nitrogens with zero attached hydrogens (tertiary/aromatic N) is 1. The largest absolute Gasteiger partial charge is 0.339 e. The minimum Gasteiger partial charge on any atom is -0.339 e.